The average molecular weight is 762 g/mol. The molecule has 0 saturated carbocycles. The number of unbranched alkanes of at least 4 members (excludes halogenated alkanes) is 2. The molecule has 4 aliphatic heterocycles. The molecule has 0 aliphatic carbocycles. The van der Waals surface area contributed by atoms with Gasteiger partial charge in [0.05, 0.1) is 36.7 Å². The Morgan fingerprint density at radius 2 is 1.69 bits per heavy atom. The van der Waals surface area contributed by atoms with Crippen LogP contribution in [0.4, 0.5) is 16.2 Å². The van der Waals surface area contributed by atoms with Crippen LogP contribution in [0.2, 0.25) is 0 Å². The first kappa shape index (κ1) is 38.0. The molecule has 0 radical (unpaired) electrons. The molecule has 13 heteroatoms. The monoisotopic (exact) mass is 761 g/mol. The molecule has 0 spiro atoms. The van der Waals surface area contributed by atoms with Gasteiger partial charge < -0.3 is 43.8 Å². The number of fused-ring (bicyclic) bond motifs is 5. The maximum Gasteiger partial charge on any atom is 0.415 e. The van der Waals surface area contributed by atoms with Crippen LogP contribution in [-0.2, 0) is 4.79 Å². The van der Waals surface area contributed by atoms with E-state index in [0.29, 0.717) is 86.4 Å². The molecule has 54 heavy (non-hydrogen) atoms. The molecule has 12 nitrogen and oxygen atoms in total. The van der Waals surface area contributed by atoms with Gasteiger partial charge in [-0.25, -0.2) is 4.79 Å². The minimum absolute atomic E-state index is 0.00124. The van der Waals surface area contributed by atoms with Crippen LogP contribution in [0.3, 0.4) is 0 Å². The van der Waals surface area contributed by atoms with Crippen molar-refractivity contribution in [3.8, 4) is 17.2 Å². The SMILES string of the molecule is COc1cc2c(cc1OCCCCCC(=O)N1C[C@@H](CCl)c3c1cc(OC(=O)N1CCN(C)CC1)c1ccccc31)N(C(C)C)C(O)[C@@H]1CCCN1C2=O. The molecule has 3 aromatic rings. The lowest BCUT2D eigenvalue weighted by atomic mass is 9.95. The van der Waals surface area contributed by atoms with Gasteiger partial charge in [0.15, 0.2) is 11.5 Å². The molecule has 4 heterocycles. The van der Waals surface area contributed by atoms with Crippen molar-refractivity contribution in [3.63, 3.8) is 0 Å². The summed E-state index contributed by atoms with van der Waals surface area (Å²) in [6.45, 7) is 8.29. The van der Waals surface area contributed by atoms with Crippen LogP contribution < -0.4 is 24.0 Å². The summed E-state index contributed by atoms with van der Waals surface area (Å²) in [6.07, 6.45) is 2.90. The van der Waals surface area contributed by atoms with Crippen LogP contribution in [-0.4, -0.2) is 122 Å². The lowest BCUT2D eigenvalue weighted by molar-refractivity contribution is -0.118. The van der Waals surface area contributed by atoms with E-state index in [4.69, 9.17) is 25.8 Å². The van der Waals surface area contributed by atoms with Crippen molar-refractivity contribution in [3.05, 3.63) is 53.6 Å². The zero-order valence-electron chi connectivity index (χ0n) is 31.8. The maximum atomic E-state index is 13.8. The lowest BCUT2D eigenvalue weighted by Crippen LogP contribution is -2.50. The van der Waals surface area contributed by atoms with E-state index < -0.39 is 6.23 Å². The second kappa shape index (κ2) is 16.2. The number of aliphatic hydroxyl groups excluding tert-OH is 1. The van der Waals surface area contributed by atoms with Crippen LogP contribution in [0.5, 0.6) is 17.2 Å². The third-order valence-corrected chi connectivity index (χ3v) is 11.8. The van der Waals surface area contributed by atoms with E-state index in [0.717, 1.165) is 54.4 Å². The normalized spacial score (nSPS) is 21.3. The van der Waals surface area contributed by atoms with E-state index in [1.807, 2.05) is 62.2 Å². The smallest absolute Gasteiger partial charge is 0.415 e. The molecule has 1 unspecified atom stereocenters. The van der Waals surface area contributed by atoms with Crippen LogP contribution >= 0.6 is 11.6 Å². The van der Waals surface area contributed by atoms with Crippen LogP contribution in [0, 0.1) is 0 Å². The predicted molar refractivity (Wildman–Crippen MR) is 209 cm³/mol. The Kier molecular flexibility index (Phi) is 11.4. The summed E-state index contributed by atoms with van der Waals surface area (Å²) >= 11 is 6.49. The second-order valence-corrected chi connectivity index (χ2v) is 15.5. The Morgan fingerprint density at radius 1 is 0.944 bits per heavy atom. The van der Waals surface area contributed by atoms with E-state index in [9.17, 15) is 19.5 Å². The number of methoxy groups -OCH3 is 1. The highest BCUT2D eigenvalue weighted by atomic mass is 35.5. The number of benzene rings is 3. The summed E-state index contributed by atoms with van der Waals surface area (Å²) in [5, 5.41) is 13.2. The minimum Gasteiger partial charge on any atom is -0.493 e. The van der Waals surface area contributed by atoms with E-state index >= 15 is 0 Å². The second-order valence-electron chi connectivity index (χ2n) is 15.2. The zero-order valence-corrected chi connectivity index (χ0v) is 32.5. The van der Waals surface area contributed by atoms with Crippen molar-refractivity contribution in [2.75, 3.05) is 75.7 Å². The van der Waals surface area contributed by atoms with E-state index in [1.54, 1.807) is 27.9 Å². The first-order valence-corrected chi connectivity index (χ1v) is 19.8. The fourth-order valence-corrected chi connectivity index (χ4v) is 8.76. The van der Waals surface area contributed by atoms with Crippen molar-refractivity contribution in [1.29, 1.82) is 0 Å². The van der Waals surface area contributed by atoms with E-state index in [-0.39, 0.29) is 35.9 Å². The van der Waals surface area contributed by atoms with Gasteiger partial charge in [-0.05, 0) is 70.0 Å². The molecule has 290 valence electrons. The summed E-state index contributed by atoms with van der Waals surface area (Å²) in [7, 11) is 3.60. The number of carbonyl (C=O) groups excluding carboxylic acids is 3. The van der Waals surface area contributed by atoms with Gasteiger partial charge in [0.2, 0.25) is 5.91 Å². The van der Waals surface area contributed by atoms with Crippen molar-refractivity contribution in [2.45, 2.75) is 76.6 Å². The van der Waals surface area contributed by atoms with Gasteiger partial charge in [-0.3, -0.25) is 9.59 Å². The number of alkyl halides is 1. The van der Waals surface area contributed by atoms with Crippen LogP contribution in [0.1, 0.15) is 74.2 Å². The quantitative estimate of drug-likeness (QED) is 0.184. The standard InChI is InChI=1S/C41H52ClN5O7/c1-26(2)47-32-22-36(35(52-4)21-30(32)39(49)45-15-10-13-31(45)40(47)50)53-20-9-5-6-14-37(48)46-25-27(24-42)38-29-12-8-7-11-28(29)34(23-33(38)46)54-41(51)44-18-16-43(3)17-19-44/h7-8,11-12,21-23,26-27,31,40,50H,5-6,9-10,13-20,24-25H2,1-4H3/t27-,31+,40?/m1/s1. The van der Waals surface area contributed by atoms with Crippen molar-refractivity contribution < 1.29 is 33.7 Å². The maximum absolute atomic E-state index is 13.8. The Balaban J connectivity index is 0.999. The van der Waals surface area contributed by atoms with Gasteiger partial charge >= 0.3 is 6.09 Å². The summed E-state index contributed by atoms with van der Waals surface area (Å²) in [4.78, 5) is 50.0. The van der Waals surface area contributed by atoms with Gasteiger partial charge in [0.25, 0.3) is 5.91 Å². The number of likely N-dealkylation sites (N-methyl/N-ethyl adjacent to an activating group) is 1. The Morgan fingerprint density at radius 3 is 2.41 bits per heavy atom. The molecule has 1 N–H and O–H groups in total. The largest absolute Gasteiger partial charge is 0.493 e. The third-order valence-electron chi connectivity index (χ3n) is 11.4. The minimum atomic E-state index is -0.818. The van der Waals surface area contributed by atoms with Crippen molar-refractivity contribution in [2.24, 2.45) is 0 Å². The first-order valence-electron chi connectivity index (χ1n) is 19.3. The van der Waals surface area contributed by atoms with Crippen LogP contribution in [0.25, 0.3) is 10.8 Å². The van der Waals surface area contributed by atoms with E-state index in [1.165, 1.54) is 0 Å². The summed E-state index contributed by atoms with van der Waals surface area (Å²) in [5.74, 6) is 1.66. The number of rotatable bonds is 11. The Bertz CT molecular complexity index is 1880. The lowest BCUT2D eigenvalue weighted by Gasteiger charge is -2.36. The Labute approximate surface area is 322 Å². The molecular weight excluding hydrogens is 710 g/mol. The highest BCUT2D eigenvalue weighted by Gasteiger charge is 2.43. The number of ether oxygens (including phenoxy) is 3. The number of hydrogen-bond acceptors (Lipinski definition) is 9. The summed E-state index contributed by atoms with van der Waals surface area (Å²) in [5.41, 5.74) is 2.92. The number of piperazine rings is 1. The molecule has 2 fully saturated rings. The average Bonchev–Trinajstić information content (AvgIpc) is 3.80. The number of carbonyl (C=O) groups is 3. The Hall–Kier alpha value is -4.26. The fraction of sp³-hybridized carbons (Fsp3) is 0.537. The third kappa shape index (κ3) is 7.27. The topological polar surface area (TPSA) is 115 Å². The van der Waals surface area contributed by atoms with Crippen molar-refractivity contribution in [1.82, 2.24) is 14.7 Å². The van der Waals surface area contributed by atoms with Gasteiger partial charge in [0.1, 0.15) is 12.0 Å². The fourth-order valence-electron chi connectivity index (χ4n) is 8.51. The molecule has 3 amide bonds. The van der Waals surface area contributed by atoms with Gasteiger partial charge in [-0.1, -0.05) is 24.3 Å². The summed E-state index contributed by atoms with van der Waals surface area (Å²) < 4.78 is 17.9. The highest BCUT2D eigenvalue weighted by Crippen LogP contribution is 2.46. The number of hydrogen-bond donors (Lipinski definition) is 1. The highest BCUT2D eigenvalue weighted by molar-refractivity contribution is 6.19. The predicted octanol–water partition coefficient (Wildman–Crippen LogP) is 6.05. The summed E-state index contributed by atoms with van der Waals surface area (Å²) in [6, 6.07) is 12.9. The molecule has 0 bridgehead atoms. The molecule has 3 aromatic carbocycles. The van der Waals surface area contributed by atoms with E-state index in [2.05, 4.69) is 4.90 Å². The number of halogens is 1. The molecule has 4 aliphatic rings. The van der Waals surface area contributed by atoms with Gasteiger partial charge in [0, 0.05) is 81.0 Å². The molecular formula is C41H52ClN5O7. The zero-order chi connectivity index (χ0) is 38.1. The van der Waals surface area contributed by atoms with Gasteiger partial charge in [-0.15, -0.1) is 11.6 Å². The van der Waals surface area contributed by atoms with Crippen molar-refractivity contribution >= 4 is 51.7 Å². The number of nitrogens with zero attached hydrogens (tertiary/aromatic N) is 5. The number of amides is 3. The molecule has 2 saturated heterocycles. The number of aliphatic hydroxyl groups is 1. The van der Waals surface area contributed by atoms with Gasteiger partial charge in [-0.2, -0.15) is 0 Å². The molecule has 3 atom stereocenters. The molecule has 0 aromatic heterocycles. The first-order chi connectivity index (χ1) is 26.1. The van der Waals surface area contributed by atoms with Crippen LogP contribution in [0.15, 0.2) is 42.5 Å². The molecule has 7 rings (SSSR count). The number of anilines is 2.